The molecule has 0 aromatic rings. The first-order chi connectivity index (χ1) is 6.02. The second-order valence-corrected chi connectivity index (χ2v) is 2.99. The number of cyclic esters (lactones) is 1. The smallest absolute Gasteiger partial charge is 0.374 e. The minimum Gasteiger partial charge on any atom is -0.501 e. The van der Waals surface area contributed by atoms with Crippen molar-refractivity contribution in [1.82, 2.24) is 0 Å². The van der Waals surface area contributed by atoms with Crippen LogP contribution in [0, 0.1) is 0 Å². The molecule has 1 N–H and O–H groups in total. The minimum atomic E-state index is -0.828. The zero-order chi connectivity index (χ0) is 10.0. The number of aliphatic hydroxyl groups excluding tert-OH is 1. The van der Waals surface area contributed by atoms with E-state index in [0.29, 0.717) is 0 Å². The molecule has 70 valence electrons. The van der Waals surface area contributed by atoms with E-state index in [9.17, 15) is 9.59 Å². The molecule has 0 amide bonds. The molecule has 1 rings (SSSR count). The van der Waals surface area contributed by atoms with Crippen LogP contribution in [0.2, 0.25) is 0 Å². The molecule has 0 aromatic carbocycles. The Bertz CT molecular complexity index is 319. The van der Waals surface area contributed by atoms with Crippen LogP contribution < -0.4 is 0 Å². The number of hydrogen-bond acceptors (Lipinski definition) is 4. The van der Waals surface area contributed by atoms with E-state index in [2.05, 4.69) is 4.74 Å². The van der Waals surface area contributed by atoms with Crippen LogP contribution >= 0.6 is 0 Å². The van der Waals surface area contributed by atoms with Crippen LogP contribution in [0.1, 0.15) is 13.8 Å². The summed E-state index contributed by atoms with van der Waals surface area (Å²) in [5.41, 5.74) is 0.843. The molecule has 0 atom stereocenters. The largest absolute Gasteiger partial charge is 0.501 e. The lowest BCUT2D eigenvalue weighted by Gasteiger charge is -1.93. The van der Waals surface area contributed by atoms with E-state index in [4.69, 9.17) is 5.11 Å². The highest BCUT2D eigenvalue weighted by Gasteiger charge is 2.27. The molecule has 1 aliphatic heterocycles. The van der Waals surface area contributed by atoms with E-state index in [1.54, 1.807) is 13.8 Å². The molecule has 1 aliphatic rings. The van der Waals surface area contributed by atoms with Crippen molar-refractivity contribution < 1.29 is 19.4 Å². The van der Waals surface area contributed by atoms with Crippen molar-refractivity contribution in [3.8, 4) is 0 Å². The van der Waals surface area contributed by atoms with Gasteiger partial charge in [-0.25, -0.2) is 4.79 Å². The number of aliphatic hydroxyl groups is 1. The molecule has 0 radical (unpaired) electrons. The van der Waals surface area contributed by atoms with Crippen molar-refractivity contribution in [3.63, 3.8) is 0 Å². The van der Waals surface area contributed by atoms with Crippen molar-refractivity contribution in [3.05, 3.63) is 23.0 Å². The van der Waals surface area contributed by atoms with Crippen LogP contribution in [0.5, 0.6) is 0 Å². The molecule has 4 nitrogen and oxygen atoms in total. The lowest BCUT2D eigenvalue weighted by atomic mass is 10.1. The Hall–Kier alpha value is -1.58. The summed E-state index contributed by atoms with van der Waals surface area (Å²) >= 11 is 0. The molecule has 0 aromatic heterocycles. The van der Waals surface area contributed by atoms with Crippen LogP contribution in [0.25, 0.3) is 0 Å². The number of esters is 1. The van der Waals surface area contributed by atoms with Crippen molar-refractivity contribution in [2.24, 2.45) is 0 Å². The van der Waals surface area contributed by atoms with Gasteiger partial charge >= 0.3 is 5.97 Å². The molecule has 0 bridgehead atoms. The highest BCUT2D eigenvalue weighted by Crippen LogP contribution is 2.14. The predicted molar refractivity (Wildman–Crippen MR) is 45.1 cm³/mol. The second kappa shape index (κ2) is 3.43. The van der Waals surface area contributed by atoms with Crippen LogP contribution in [-0.4, -0.2) is 23.5 Å². The fourth-order valence-electron chi connectivity index (χ4n) is 0.935. The van der Waals surface area contributed by atoms with Crippen LogP contribution in [0.3, 0.4) is 0 Å². The molecular formula is C9H10O4. The number of ether oxygens (including phenoxy) is 1. The zero-order valence-corrected chi connectivity index (χ0v) is 7.46. The topological polar surface area (TPSA) is 63.6 Å². The Morgan fingerprint density at radius 1 is 1.54 bits per heavy atom. The third-order valence-corrected chi connectivity index (χ3v) is 1.54. The molecule has 13 heavy (non-hydrogen) atoms. The lowest BCUT2D eigenvalue weighted by Crippen LogP contribution is -2.02. The summed E-state index contributed by atoms with van der Waals surface area (Å²) in [6.07, 6.45) is 1.35. The molecule has 0 unspecified atom stereocenters. The first-order valence-corrected chi connectivity index (χ1v) is 3.81. The Labute approximate surface area is 75.5 Å². The summed E-state index contributed by atoms with van der Waals surface area (Å²) < 4.78 is 4.47. The molecule has 0 saturated carbocycles. The van der Waals surface area contributed by atoms with Crippen molar-refractivity contribution >= 4 is 11.8 Å². The first kappa shape index (κ1) is 9.51. The monoisotopic (exact) mass is 182 g/mol. The average Bonchev–Trinajstić information content (AvgIpc) is 2.31. The van der Waals surface area contributed by atoms with E-state index < -0.39 is 11.7 Å². The van der Waals surface area contributed by atoms with Gasteiger partial charge in [0.1, 0.15) is 6.61 Å². The van der Waals surface area contributed by atoms with Gasteiger partial charge in [-0.3, -0.25) is 4.79 Å². The van der Waals surface area contributed by atoms with Gasteiger partial charge < -0.3 is 9.84 Å². The fourth-order valence-corrected chi connectivity index (χ4v) is 0.935. The highest BCUT2D eigenvalue weighted by atomic mass is 16.6. The SMILES string of the molecule is CC(C)=CC(=O)C1=C(O)C(=O)OC1. The van der Waals surface area contributed by atoms with Gasteiger partial charge in [-0.05, 0) is 19.9 Å². The van der Waals surface area contributed by atoms with Gasteiger partial charge in [-0.1, -0.05) is 5.57 Å². The highest BCUT2D eigenvalue weighted by molar-refractivity contribution is 6.10. The maximum absolute atomic E-state index is 11.3. The quantitative estimate of drug-likeness (QED) is 0.508. The molecule has 1 heterocycles. The molecule has 0 aliphatic carbocycles. The normalized spacial score (nSPS) is 15.7. The molecule has 0 spiro atoms. The Morgan fingerprint density at radius 2 is 2.15 bits per heavy atom. The van der Waals surface area contributed by atoms with Gasteiger partial charge in [-0.2, -0.15) is 0 Å². The lowest BCUT2D eigenvalue weighted by molar-refractivity contribution is -0.138. The number of ketones is 1. The summed E-state index contributed by atoms with van der Waals surface area (Å²) in [6, 6.07) is 0. The number of allylic oxidation sites excluding steroid dienone is 2. The predicted octanol–water partition coefficient (Wildman–Crippen LogP) is 0.891. The molecule has 0 fully saturated rings. The number of carbonyl (C=O) groups is 2. The summed E-state index contributed by atoms with van der Waals surface area (Å²) in [4.78, 5) is 22.0. The number of hydrogen-bond donors (Lipinski definition) is 1. The third kappa shape index (κ3) is 1.96. The van der Waals surface area contributed by atoms with Crippen molar-refractivity contribution in [1.29, 1.82) is 0 Å². The summed E-state index contributed by atoms with van der Waals surface area (Å²) in [5, 5.41) is 9.10. The minimum absolute atomic E-state index is 0.0335. The van der Waals surface area contributed by atoms with Gasteiger partial charge in [-0.15, -0.1) is 0 Å². The maximum atomic E-state index is 11.3. The number of rotatable bonds is 2. The van der Waals surface area contributed by atoms with E-state index in [1.165, 1.54) is 6.08 Å². The van der Waals surface area contributed by atoms with Crippen molar-refractivity contribution in [2.45, 2.75) is 13.8 Å². The summed E-state index contributed by atoms with van der Waals surface area (Å²) in [5.74, 6) is -1.77. The Balaban J connectivity index is 2.91. The fraction of sp³-hybridized carbons (Fsp3) is 0.333. The summed E-state index contributed by atoms with van der Waals surface area (Å²) in [7, 11) is 0. The number of carbonyl (C=O) groups excluding carboxylic acids is 2. The van der Waals surface area contributed by atoms with Gasteiger partial charge in [0.2, 0.25) is 5.76 Å². The second-order valence-electron chi connectivity index (χ2n) is 2.99. The van der Waals surface area contributed by atoms with E-state index >= 15 is 0 Å². The average molecular weight is 182 g/mol. The Morgan fingerprint density at radius 3 is 2.54 bits per heavy atom. The molecular weight excluding hydrogens is 172 g/mol. The maximum Gasteiger partial charge on any atom is 0.374 e. The Kier molecular flexibility index (Phi) is 2.51. The summed E-state index contributed by atoms with van der Waals surface area (Å²) in [6.45, 7) is 3.38. The van der Waals surface area contributed by atoms with Crippen LogP contribution in [-0.2, 0) is 14.3 Å². The van der Waals surface area contributed by atoms with E-state index in [1.807, 2.05) is 0 Å². The van der Waals surface area contributed by atoms with Crippen LogP contribution in [0.15, 0.2) is 23.0 Å². The van der Waals surface area contributed by atoms with Gasteiger partial charge in [0.15, 0.2) is 5.78 Å². The first-order valence-electron chi connectivity index (χ1n) is 3.81. The van der Waals surface area contributed by atoms with E-state index in [-0.39, 0.29) is 18.0 Å². The van der Waals surface area contributed by atoms with Crippen LogP contribution in [0.4, 0.5) is 0 Å². The van der Waals surface area contributed by atoms with Gasteiger partial charge in [0.25, 0.3) is 0 Å². The van der Waals surface area contributed by atoms with Gasteiger partial charge in [0.05, 0.1) is 5.57 Å². The zero-order valence-electron chi connectivity index (χ0n) is 7.46. The molecule has 4 heteroatoms. The third-order valence-electron chi connectivity index (χ3n) is 1.54. The van der Waals surface area contributed by atoms with E-state index in [0.717, 1.165) is 5.57 Å². The van der Waals surface area contributed by atoms with Crippen molar-refractivity contribution in [2.75, 3.05) is 6.61 Å². The standard InChI is InChI=1S/C9H10O4/c1-5(2)3-7(10)6-4-13-9(12)8(6)11/h3,11H,4H2,1-2H3. The molecule has 0 saturated heterocycles. The van der Waals surface area contributed by atoms with Gasteiger partial charge in [0, 0.05) is 0 Å².